The molecule has 0 aliphatic heterocycles. The average Bonchev–Trinajstić information content (AvgIpc) is 2.48. The molecule has 0 unspecified atom stereocenters. The molecule has 0 saturated carbocycles. The summed E-state index contributed by atoms with van der Waals surface area (Å²) in [5, 5.41) is 0.544. The van der Waals surface area contributed by atoms with Gasteiger partial charge in [0.2, 0.25) is 10.0 Å². The van der Waals surface area contributed by atoms with Gasteiger partial charge in [0.1, 0.15) is 0 Å². The Hall–Kier alpha value is -1.62. The number of benzene rings is 2. The molecule has 0 aliphatic carbocycles. The molecule has 2 rings (SSSR count). The van der Waals surface area contributed by atoms with Crippen LogP contribution in [0.1, 0.15) is 11.1 Å². The van der Waals surface area contributed by atoms with Crippen LogP contribution in [0.2, 0.25) is 5.02 Å². The van der Waals surface area contributed by atoms with Crippen molar-refractivity contribution in [3.05, 3.63) is 71.3 Å². The largest absolute Gasteiger partial charge is 0.240 e. The molecule has 0 bridgehead atoms. The third-order valence-electron chi connectivity index (χ3n) is 3.10. The molecule has 3 nitrogen and oxygen atoms in total. The maximum absolute atomic E-state index is 12.2. The van der Waals surface area contributed by atoms with Crippen molar-refractivity contribution < 1.29 is 8.42 Å². The number of hydrogen-bond acceptors (Lipinski definition) is 2. The molecule has 5 heteroatoms. The highest BCUT2D eigenvalue weighted by Gasteiger charge is 2.15. The monoisotopic (exact) mass is 321 g/mol. The fraction of sp³-hybridized carbons (Fsp3) is 0.125. The van der Waals surface area contributed by atoms with Gasteiger partial charge in [-0.3, -0.25) is 0 Å². The molecule has 0 aromatic heterocycles. The van der Waals surface area contributed by atoms with Crippen molar-refractivity contribution in [3.8, 4) is 0 Å². The molecule has 21 heavy (non-hydrogen) atoms. The Kier molecular flexibility index (Phi) is 4.83. The first-order chi connectivity index (χ1) is 9.90. The predicted octanol–water partition coefficient (Wildman–Crippen LogP) is 3.64. The van der Waals surface area contributed by atoms with Crippen LogP contribution >= 0.6 is 11.6 Å². The zero-order valence-corrected chi connectivity index (χ0v) is 13.2. The van der Waals surface area contributed by atoms with Crippen molar-refractivity contribution in [2.45, 2.75) is 11.8 Å². The SMILES string of the molecule is C=C(CNS(=O)(=O)c1ccc(Cl)c(C)c1)c1ccccc1. The zero-order valence-electron chi connectivity index (χ0n) is 11.6. The summed E-state index contributed by atoms with van der Waals surface area (Å²) >= 11 is 5.91. The molecule has 1 N–H and O–H groups in total. The van der Waals surface area contributed by atoms with Crippen LogP contribution in [0.3, 0.4) is 0 Å². The molecule has 0 saturated heterocycles. The molecular formula is C16H16ClNO2S. The maximum atomic E-state index is 12.2. The predicted molar refractivity (Wildman–Crippen MR) is 86.9 cm³/mol. The van der Waals surface area contributed by atoms with E-state index in [9.17, 15) is 8.42 Å². The quantitative estimate of drug-likeness (QED) is 0.914. The van der Waals surface area contributed by atoms with Crippen molar-refractivity contribution >= 4 is 27.2 Å². The minimum Gasteiger partial charge on any atom is -0.207 e. The van der Waals surface area contributed by atoms with Crippen molar-refractivity contribution in [3.63, 3.8) is 0 Å². The third-order valence-corrected chi connectivity index (χ3v) is 4.92. The van der Waals surface area contributed by atoms with Gasteiger partial charge in [-0.1, -0.05) is 48.5 Å². The third kappa shape index (κ3) is 3.94. The fourth-order valence-electron chi connectivity index (χ4n) is 1.83. The Morgan fingerprint density at radius 3 is 2.48 bits per heavy atom. The minimum absolute atomic E-state index is 0.161. The van der Waals surface area contributed by atoms with Gasteiger partial charge in [-0.05, 0) is 41.8 Å². The lowest BCUT2D eigenvalue weighted by atomic mass is 10.1. The van der Waals surface area contributed by atoms with Crippen LogP contribution < -0.4 is 4.72 Å². The van der Waals surface area contributed by atoms with Gasteiger partial charge in [0, 0.05) is 11.6 Å². The van der Waals surface area contributed by atoms with Gasteiger partial charge in [-0.25, -0.2) is 13.1 Å². The second-order valence-electron chi connectivity index (χ2n) is 4.71. The fourth-order valence-corrected chi connectivity index (χ4v) is 3.05. The first-order valence-electron chi connectivity index (χ1n) is 6.39. The molecule has 0 aliphatic rings. The summed E-state index contributed by atoms with van der Waals surface area (Å²) < 4.78 is 27.0. The standard InChI is InChI=1S/C16H16ClNO2S/c1-12-10-15(8-9-16(12)17)21(19,20)18-11-13(2)14-6-4-3-5-7-14/h3-10,18H,2,11H2,1H3. The summed E-state index contributed by atoms with van der Waals surface area (Å²) in [5.41, 5.74) is 2.35. The highest BCUT2D eigenvalue weighted by molar-refractivity contribution is 7.89. The van der Waals surface area contributed by atoms with E-state index in [0.717, 1.165) is 11.1 Å². The van der Waals surface area contributed by atoms with Gasteiger partial charge in [0.15, 0.2) is 0 Å². The number of hydrogen-bond donors (Lipinski definition) is 1. The number of rotatable bonds is 5. The highest BCUT2D eigenvalue weighted by atomic mass is 35.5. The molecule has 0 atom stereocenters. The summed E-state index contributed by atoms with van der Waals surface area (Å²) in [6, 6.07) is 14.1. The molecule has 0 radical (unpaired) electrons. The van der Waals surface area contributed by atoms with E-state index in [2.05, 4.69) is 11.3 Å². The summed E-state index contributed by atoms with van der Waals surface area (Å²) in [7, 11) is -3.57. The van der Waals surface area contributed by atoms with Crippen LogP contribution in [0.4, 0.5) is 0 Å². The van der Waals surface area contributed by atoms with Crippen molar-refractivity contribution in [2.75, 3.05) is 6.54 Å². The number of sulfonamides is 1. The summed E-state index contributed by atoms with van der Waals surface area (Å²) in [4.78, 5) is 0.199. The molecule has 0 heterocycles. The Morgan fingerprint density at radius 2 is 1.86 bits per heavy atom. The second-order valence-corrected chi connectivity index (χ2v) is 6.88. The van der Waals surface area contributed by atoms with E-state index >= 15 is 0 Å². The molecule has 2 aromatic carbocycles. The molecule has 110 valence electrons. The van der Waals surface area contributed by atoms with Crippen LogP contribution in [-0.4, -0.2) is 15.0 Å². The van der Waals surface area contributed by atoms with E-state index in [0.29, 0.717) is 10.6 Å². The molecule has 0 fully saturated rings. The lowest BCUT2D eigenvalue weighted by Gasteiger charge is -2.10. The summed E-state index contributed by atoms with van der Waals surface area (Å²) in [6.45, 7) is 5.83. The van der Waals surface area contributed by atoms with E-state index in [-0.39, 0.29) is 11.4 Å². The van der Waals surface area contributed by atoms with Gasteiger partial charge in [-0.2, -0.15) is 0 Å². The Morgan fingerprint density at radius 1 is 1.19 bits per heavy atom. The van der Waals surface area contributed by atoms with Gasteiger partial charge in [0.05, 0.1) is 4.90 Å². The topological polar surface area (TPSA) is 46.2 Å². The maximum Gasteiger partial charge on any atom is 0.240 e. The van der Waals surface area contributed by atoms with E-state index in [1.807, 2.05) is 30.3 Å². The van der Waals surface area contributed by atoms with E-state index in [1.54, 1.807) is 19.1 Å². The zero-order chi connectivity index (χ0) is 15.5. The smallest absolute Gasteiger partial charge is 0.207 e. The molecule has 2 aromatic rings. The Labute approximate surface area is 130 Å². The van der Waals surface area contributed by atoms with Gasteiger partial charge >= 0.3 is 0 Å². The van der Waals surface area contributed by atoms with Crippen molar-refractivity contribution in [1.82, 2.24) is 4.72 Å². The Bertz CT molecular complexity index is 755. The first-order valence-corrected chi connectivity index (χ1v) is 8.25. The van der Waals surface area contributed by atoms with Gasteiger partial charge in [-0.15, -0.1) is 0 Å². The summed E-state index contributed by atoms with van der Waals surface area (Å²) in [6.07, 6.45) is 0. The molecule has 0 amide bonds. The van der Waals surface area contributed by atoms with Crippen LogP contribution in [0.15, 0.2) is 60.0 Å². The van der Waals surface area contributed by atoms with Crippen LogP contribution in [-0.2, 0) is 10.0 Å². The Balaban J connectivity index is 2.11. The lowest BCUT2D eigenvalue weighted by Crippen LogP contribution is -2.25. The minimum atomic E-state index is -3.57. The van der Waals surface area contributed by atoms with E-state index in [1.165, 1.54) is 6.07 Å². The van der Waals surface area contributed by atoms with Gasteiger partial charge in [0.25, 0.3) is 0 Å². The first kappa shape index (κ1) is 15.8. The van der Waals surface area contributed by atoms with E-state index in [4.69, 9.17) is 11.6 Å². The average molecular weight is 322 g/mol. The van der Waals surface area contributed by atoms with Crippen LogP contribution in [0.25, 0.3) is 5.57 Å². The molecule has 0 spiro atoms. The number of nitrogens with one attached hydrogen (secondary N) is 1. The lowest BCUT2D eigenvalue weighted by molar-refractivity contribution is 0.586. The number of halogens is 1. The van der Waals surface area contributed by atoms with E-state index < -0.39 is 10.0 Å². The van der Waals surface area contributed by atoms with Crippen molar-refractivity contribution in [2.24, 2.45) is 0 Å². The van der Waals surface area contributed by atoms with Crippen LogP contribution in [0.5, 0.6) is 0 Å². The van der Waals surface area contributed by atoms with Gasteiger partial charge < -0.3 is 0 Å². The highest BCUT2D eigenvalue weighted by Crippen LogP contribution is 2.19. The molecular weight excluding hydrogens is 306 g/mol. The van der Waals surface area contributed by atoms with Crippen molar-refractivity contribution in [1.29, 1.82) is 0 Å². The summed E-state index contributed by atoms with van der Waals surface area (Å²) in [5.74, 6) is 0. The second kappa shape index (κ2) is 6.43. The van der Waals surface area contributed by atoms with Crippen LogP contribution in [0, 0.1) is 6.92 Å². The normalized spacial score (nSPS) is 11.3. The number of aryl methyl sites for hydroxylation is 1.